The van der Waals surface area contributed by atoms with Crippen molar-refractivity contribution in [3.05, 3.63) is 52.7 Å². The SMILES string of the molecule is Cc1ccc(NC(=O)c2cc(C)nc(N)c2)c(C)c1. The third-order valence-corrected chi connectivity index (χ3v) is 2.87. The van der Waals surface area contributed by atoms with Crippen molar-refractivity contribution in [2.75, 3.05) is 11.1 Å². The maximum absolute atomic E-state index is 12.2. The highest BCUT2D eigenvalue weighted by Crippen LogP contribution is 2.17. The van der Waals surface area contributed by atoms with Crippen molar-refractivity contribution in [2.24, 2.45) is 0 Å². The molecule has 0 saturated carbocycles. The van der Waals surface area contributed by atoms with E-state index in [-0.39, 0.29) is 5.91 Å². The minimum absolute atomic E-state index is 0.177. The van der Waals surface area contributed by atoms with Crippen LogP contribution in [0, 0.1) is 20.8 Å². The standard InChI is InChI=1S/C15H17N3O/c1-9-4-5-13(10(2)6-9)18-15(19)12-7-11(3)17-14(16)8-12/h4-8H,1-3H3,(H2,16,17)(H,18,19). The summed E-state index contributed by atoms with van der Waals surface area (Å²) >= 11 is 0. The molecule has 0 unspecified atom stereocenters. The largest absolute Gasteiger partial charge is 0.384 e. The third-order valence-electron chi connectivity index (χ3n) is 2.87. The molecule has 1 aromatic carbocycles. The quantitative estimate of drug-likeness (QED) is 0.867. The number of nitrogens with two attached hydrogens (primary N) is 1. The summed E-state index contributed by atoms with van der Waals surface area (Å²) in [5.74, 6) is 0.176. The molecule has 1 aromatic heterocycles. The molecule has 98 valence electrons. The second-order valence-corrected chi connectivity index (χ2v) is 4.69. The molecule has 3 N–H and O–H groups in total. The molecule has 0 aliphatic rings. The fraction of sp³-hybridized carbons (Fsp3) is 0.200. The lowest BCUT2D eigenvalue weighted by Gasteiger charge is -2.10. The molecular formula is C15H17N3O. The molecule has 0 aliphatic carbocycles. The van der Waals surface area contributed by atoms with Gasteiger partial charge >= 0.3 is 0 Å². The number of amides is 1. The van der Waals surface area contributed by atoms with Gasteiger partial charge in [0.1, 0.15) is 5.82 Å². The van der Waals surface area contributed by atoms with Crippen LogP contribution in [0.25, 0.3) is 0 Å². The van der Waals surface area contributed by atoms with E-state index in [1.807, 2.05) is 39.0 Å². The molecule has 1 heterocycles. The van der Waals surface area contributed by atoms with Crippen LogP contribution in [0.5, 0.6) is 0 Å². The fourth-order valence-electron chi connectivity index (χ4n) is 1.97. The monoisotopic (exact) mass is 255 g/mol. The maximum Gasteiger partial charge on any atom is 0.255 e. The van der Waals surface area contributed by atoms with E-state index >= 15 is 0 Å². The summed E-state index contributed by atoms with van der Waals surface area (Å²) in [6.07, 6.45) is 0. The first-order valence-electron chi connectivity index (χ1n) is 6.08. The van der Waals surface area contributed by atoms with Gasteiger partial charge in [-0.3, -0.25) is 4.79 Å². The first-order valence-corrected chi connectivity index (χ1v) is 6.08. The first-order chi connectivity index (χ1) is 8.95. The van der Waals surface area contributed by atoms with Crippen molar-refractivity contribution in [3.8, 4) is 0 Å². The van der Waals surface area contributed by atoms with Crippen LogP contribution in [0.15, 0.2) is 30.3 Å². The van der Waals surface area contributed by atoms with Gasteiger partial charge in [0.2, 0.25) is 0 Å². The van der Waals surface area contributed by atoms with E-state index in [0.29, 0.717) is 11.4 Å². The Labute approximate surface area is 112 Å². The van der Waals surface area contributed by atoms with Gasteiger partial charge in [-0.1, -0.05) is 17.7 Å². The molecule has 4 heteroatoms. The summed E-state index contributed by atoms with van der Waals surface area (Å²) in [6, 6.07) is 9.19. The predicted molar refractivity (Wildman–Crippen MR) is 77.3 cm³/mol. The lowest BCUT2D eigenvalue weighted by atomic mass is 10.1. The summed E-state index contributed by atoms with van der Waals surface area (Å²) in [5, 5.41) is 2.89. The smallest absolute Gasteiger partial charge is 0.255 e. The number of benzene rings is 1. The van der Waals surface area contributed by atoms with E-state index in [1.54, 1.807) is 12.1 Å². The van der Waals surface area contributed by atoms with Crippen molar-refractivity contribution >= 4 is 17.4 Å². The minimum Gasteiger partial charge on any atom is -0.384 e. The summed E-state index contributed by atoms with van der Waals surface area (Å²) in [5.41, 5.74) is 9.90. The normalized spacial score (nSPS) is 10.3. The lowest BCUT2D eigenvalue weighted by molar-refractivity contribution is 0.102. The van der Waals surface area contributed by atoms with Crippen molar-refractivity contribution in [3.63, 3.8) is 0 Å². The molecule has 0 saturated heterocycles. The Morgan fingerprint density at radius 3 is 2.53 bits per heavy atom. The molecule has 0 atom stereocenters. The molecule has 0 aliphatic heterocycles. The summed E-state index contributed by atoms with van der Waals surface area (Å²) in [6.45, 7) is 5.80. The third kappa shape index (κ3) is 3.10. The van der Waals surface area contributed by atoms with Crippen LogP contribution < -0.4 is 11.1 Å². The van der Waals surface area contributed by atoms with Gasteiger partial charge in [0.15, 0.2) is 0 Å². The molecule has 0 fully saturated rings. The summed E-state index contributed by atoms with van der Waals surface area (Å²) < 4.78 is 0. The van der Waals surface area contributed by atoms with E-state index in [9.17, 15) is 4.79 Å². The van der Waals surface area contributed by atoms with Gasteiger partial charge < -0.3 is 11.1 Å². The molecule has 0 radical (unpaired) electrons. The van der Waals surface area contributed by atoms with Crippen molar-refractivity contribution in [1.29, 1.82) is 0 Å². The number of carbonyl (C=O) groups excluding carboxylic acids is 1. The minimum atomic E-state index is -0.177. The topological polar surface area (TPSA) is 68.0 Å². The average Bonchev–Trinajstić information content (AvgIpc) is 2.31. The van der Waals surface area contributed by atoms with Crippen molar-refractivity contribution < 1.29 is 4.79 Å². The zero-order valence-corrected chi connectivity index (χ0v) is 11.3. The van der Waals surface area contributed by atoms with Crippen molar-refractivity contribution in [2.45, 2.75) is 20.8 Å². The van der Waals surface area contributed by atoms with Gasteiger partial charge in [-0.2, -0.15) is 0 Å². The van der Waals surface area contributed by atoms with E-state index < -0.39 is 0 Å². The Bertz CT molecular complexity index is 615. The van der Waals surface area contributed by atoms with Crippen LogP contribution in [0.1, 0.15) is 27.2 Å². The fourth-order valence-corrected chi connectivity index (χ4v) is 1.97. The van der Waals surface area contributed by atoms with Crippen LogP contribution in [0.4, 0.5) is 11.5 Å². The number of anilines is 2. The molecule has 0 spiro atoms. The summed E-state index contributed by atoms with van der Waals surface area (Å²) in [4.78, 5) is 16.2. The number of hydrogen-bond acceptors (Lipinski definition) is 3. The van der Waals surface area contributed by atoms with Crippen LogP contribution in [0.3, 0.4) is 0 Å². The zero-order chi connectivity index (χ0) is 14.0. The predicted octanol–water partition coefficient (Wildman–Crippen LogP) is 2.84. The number of pyridine rings is 1. The number of aryl methyl sites for hydroxylation is 3. The number of hydrogen-bond donors (Lipinski definition) is 2. The number of nitrogens with one attached hydrogen (secondary N) is 1. The number of aromatic nitrogens is 1. The molecular weight excluding hydrogens is 238 g/mol. The van der Waals surface area contributed by atoms with Gasteiger partial charge in [0.05, 0.1) is 0 Å². The number of nitrogen functional groups attached to an aromatic ring is 1. The molecule has 19 heavy (non-hydrogen) atoms. The van der Waals surface area contributed by atoms with Gasteiger partial charge in [-0.15, -0.1) is 0 Å². The highest BCUT2D eigenvalue weighted by molar-refractivity contribution is 6.05. The molecule has 4 nitrogen and oxygen atoms in total. The highest BCUT2D eigenvalue weighted by Gasteiger charge is 2.09. The van der Waals surface area contributed by atoms with Gasteiger partial charge in [0.25, 0.3) is 5.91 Å². The van der Waals surface area contributed by atoms with E-state index in [2.05, 4.69) is 10.3 Å². The highest BCUT2D eigenvalue weighted by atomic mass is 16.1. The average molecular weight is 255 g/mol. The van der Waals surface area contributed by atoms with Gasteiger partial charge in [0, 0.05) is 16.9 Å². The molecule has 2 rings (SSSR count). The Morgan fingerprint density at radius 2 is 1.89 bits per heavy atom. The van der Waals surface area contributed by atoms with Gasteiger partial charge in [-0.05, 0) is 44.5 Å². The van der Waals surface area contributed by atoms with E-state index in [1.165, 1.54) is 5.56 Å². The van der Waals surface area contributed by atoms with E-state index in [0.717, 1.165) is 16.9 Å². The number of rotatable bonds is 2. The van der Waals surface area contributed by atoms with E-state index in [4.69, 9.17) is 5.73 Å². The number of carbonyl (C=O) groups is 1. The van der Waals surface area contributed by atoms with Crippen LogP contribution in [-0.4, -0.2) is 10.9 Å². The molecule has 2 aromatic rings. The van der Waals surface area contributed by atoms with Gasteiger partial charge in [-0.25, -0.2) is 4.98 Å². The molecule has 0 bridgehead atoms. The maximum atomic E-state index is 12.2. The number of nitrogens with zero attached hydrogens (tertiary/aromatic N) is 1. The first kappa shape index (κ1) is 13.1. The Hall–Kier alpha value is -2.36. The lowest BCUT2D eigenvalue weighted by Crippen LogP contribution is -2.14. The second-order valence-electron chi connectivity index (χ2n) is 4.69. The Morgan fingerprint density at radius 1 is 1.16 bits per heavy atom. The van der Waals surface area contributed by atoms with Crippen LogP contribution in [0.2, 0.25) is 0 Å². The van der Waals surface area contributed by atoms with Crippen molar-refractivity contribution in [1.82, 2.24) is 4.98 Å². The zero-order valence-electron chi connectivity index (χ0n) is 11.3. The Kier molecular flexibility index (Phi) is 3.51. The van der Waals surface area contributed by atoms with Crippen LogP contribution >= 0.6 is 0 Å². The molecule has 1 amide bonds. The van der Waals surface area contributed by atoms with Crippen LogP contribution in [-0.2, 0) is 0 Å². The Balaban J connectivity index is 2.25. The summed E-state index contributed by atoms with van der Waals surface area (Å²) in [7, 11) is 0. The second kappa shape index (κ2) is 5.10.